The van der Waals surface area contributed by atoms with Crippen LogP contribution in [-0.4, -0.2) is 24.5 Å². The third-order valence-corrected chi connectivity index (χ3v) is 4.37. The topological polar surface area (TPSA) is 55.6 Å². The number of amides is 1. The van der Waals surface area contributed by atoms with Crippen molar-refractivity contribution in [3.05, 3.63) is 29.3 Å². The number of hydrogen-bond acceptors (Lipinski definition) is 3. The Hall–Kier alpha value is -1.55. The minimum Gasteiger partial charge on any atom is -0.496 e. The molecule has 2 rings (SSSR count). The molecule has 21 heavy (non-hydrogen) atoms. The van der Waals surface area contributed by atoms with E-state index in [-0.39, 0.29) is 11.3 Å². The predicted octanol–water partition coefficient (Wildman–Crippen LogP) is 2.69. The predicted molar refractivity (Wildman–Crippen MR) is 83.9 cm³/mol. The maximum Gasteiger partial charge on any atom is 0.222 e. The van der Waals surface area contributed by atoms with E-state index in [1.807, 2.05) is 23.1 Å². The molecule has 0 bridgehead atoms. The maximum absolute atomic E-state index is 12.3. The largest absolute Gasteiger partial charge is 0.496 e. The van der Waals surface area contributed by atoms with Crippen LogP contribution in [0.3, 0.4) is 0 Å². The molecule has 1 heterocycles. The summed E-state index contributed by atoms with van der Waals surface area (Å²) in [6.07, 6.45) is 2.67. The summed E-state index contributed by atoms with van der Waals surface area (Å²) in [5, 5.41) is 0. The number of nitrogens with zero attached hydrogens (tertiary/aromatic N) is 1. The van der Waals surface area contributed by atoms with Crippen LogP contribution >= 0.6 is 0 Å². The molecule has 1 aromatic carbocycles. The van der Waals surface area contributed by atoms with Gasteiger partial charge in [-0.15, -0.1) is 0 Å². The molecular formula is C17H26N2O2. The van der Waals surface area contributed by atoms with Crippen LogP contribution in [0.2, 0.25) is 0 Å². The second-order valence-corrected chi connectivity index (χ2v) is 6.58. The van der Waals surface area contributed by atoms with Crippen molar-refractivity contribution in [2.75, 3.05) is 13.7 Å². The summed E-state index contributed by atoms with van der Waals surface area (Å²) in [6.45, 7) is 6.41. The van der Waals surface area contributed by atoms with Gasteiger partial charge in [-0.3, -0.25) is 4.79 Å². The van der Waals surface area contributed by atoms with E-state index >= 15 is 0 Å². The van der Waals surface area contributed by atoms with Gasteiger partial charge in [-0.05, 0) is 29.9 Å². The van der Waals surface area contributed by atoms with E-state index in [0.717, 1.165) is 36.3 Å². The molecule has 1 aliphatic heterocycles. The fourth-order valence-electron chi connectivity index (χ4n) is 2.73. The van der Waals surface area contributed by atoms with Gasteiger partial charge in [0.1, 0.15) is 5.75 Å². The lowest BCUT2D eigenvalue weighted by Crippen LogP contribution is -2.30. The van der Waals surface area contributed by atoms with Gasteiger partial charge in [0, 0.05) is 31.6 Å². The zero-order chi connectivity index (χ0) is 15.5. The van der Waals surface area contributed by atoms with Crippen LogP contribution in [0.4, 0.5) is 0 Å². The molecule has 1 saturated heterocycles. The Bertz CT molecular complexity index is 512. The first kappa shape index (κ1) is 15.8. The zero-order valence-electron chi connectivity index (χ0n) is 13.3. The molecule has 0 aliphatic carbocycles. The van der Waals surface area contributed by atoms with Gasteiger partial charge in [0.05, 0.1) is 7.11 Å². The van der Waals surface area contributed by atoms with E-state index in [0.29, 0.717) is 19.5 Å². The lowest BCUT2D eigenvalue weighted by Gasteiger charge is -2.23. The van der Waals surface area contributed by atoms with Crippen molar-refractivity contribution in [2.24, 2.45) is 11.1 Å². The highest BCUT2D eigenvalue weighted by molar-refractivity contribution is 5.76. The third kappa shape index (κ3) is 3.97. The molecule has 1 aromatic rings. The van der Waals surface area contributed by atoms with Gasteiger partial charge in [0.25, 0.3) is 0 Å². The summed E-state index contributed by atoms with van der Waals surface area (Å²) >= 11 is 0. The van der Waals surface area contributed by atoms with Crippen molar-refractivity contribution in [2.45, 2.75) is 46.2 Å². The van der Waals surface area contributed by atoms with Crippen molar-refractivity contribution in [1.29, 1.82) is 0 Å². The van der Waals surface area contributed by atoms with Crippen molar-refractivity contribution < 1.29 is 9.53 Å². The Morgan fingerprint density at radius 3 is 2.76 bits per heavy atom. The molecule has 1 fully saturated rings. The summed E-state index contributed by atoms with van der Waals surface area (Å²) in [4.78, 5) is 14.2. The number of carbonyl (C=O) groups is 1. The van der Waals surface area contributed by atoms with Crippen molar-refractivity contribution in [3.8, 4) is 5.75 Å². The number of nitrogens with two attached hydrogens (primary N) is 1. The van der Waals surface area contributed by atoms with Crippen LogP contribution in [-0.2, 0) is 17.9 Å². The molecule has 2 N–H and O–H groups in total. The number of rotatable bonds is 4. The van der Waals surface area contributed by atoms with Gasteiger partial charge in [-0.25, -0.2) is 0 Å². The van der Waals surface area contributed by atoms with E-state index in [1.54, 1.807) is 7.11 Å². The zero-order valence-corrected chi connectivity index (χ0v) is 13.3. The van der Waals surface area contributed by atoms with Crippen LogP contribution in [0.5, 0.6) is 5.75 Å². The molecule has 1 aliphatic rings. The van der Waals surface area contributed by atoms with Crippen LogP contribution in [0.25, 0.3) is 0 Å². The first-order chi connectivity index (χ1) is 9.95. The van der Waals surface area contributed by atoms with E-state index in [9.17, 15) is 4.79 Å². The smallest absolute Gasteiger partial charge is 0.222 e. The minimum absolute atomic E-state index is 0.252. The highest BCUT2D eigenvalue weighted by atomic mass is 16.5. The van der Waals surface area contributed by atoms with Gasteiger partial charge >= 0.3 is 0 Å². The number of carbonyl (C=O) groups excluding carboxylic acids is 1. The summed E-state index contributed by atoms with van der Waals surface area (Å²) in [5.74, 6) is 1.06. The molecule has 0 aromatic heterocycles. The average Bonchev–Trinajstić information content (AvgIpc) is 2.60. The summed E-state index contributed by atoms with van der Waals surface area (Å²) in [7, 11) is 1.65. The number of benzene rings is 1. The monoisotopic (exact) mass is 290 g/mol. The van der Waals surface area contributed by atoms with Gasteiger partial charge < -0.3 is 15.4 Å². The molecule has 0 radical (unpaired) electrons. The lowest BCUT2D eigenvalue weighted by atomic mass is 9.85. The molecule has 116 valence electrons. The third-order valence-electron chi connectivity index (χ3n) is 4.37. The molecular weight excluding hydrogens is 264 g/mol. The molecule has 0 unspecified atom stereocenters. The number of likely N-dealkylation sites (tertiary alicyclic amines) is 1. The number of methoxy groups -OCH3 is 1. The Labute approximate surface area is 127 Å². The van der Waals surface area contributed by atoms with Crippen LogP contribution in [0.1, 0.15) is 44.2 Å². The second-order valence-electron chi connectivity index (χ2n) is 6.58. The SMILES string of the molecule is COc1cc(CN2CCC(C)(C)CCC2=O)ccc1CN. The fourth-order valence-corrected chi connectivity index (χ4v) is 2.73. The van der Waals surface area contributed by atoms with Crippen molar-refractivity contribution in [1.82, 2.24) is 4.90 Å². The Kier molecular flexibility index (Phi) is 4.88. The number of ether oxygens (including phenoxy) is 1. The minimum atomic E-state index is 0.252. The average molecular weight is 290 g/mol. The standard InChI is InChI=1S/C17H26N2O2/c1-17(2)7-6-16(20)19(9-8-17)12-13-4-5-14(11-18)15(10-13)21-3/h4-5,10H,6-9,11-12,18H2,1-3H3. The Morgan fingerprint density at radius 1 is 1.33 bits per heavy atom. The fraction of sp³-hybridized carbons (Fsp3) is 0.588. The molecule has 0 spiro atoms. The van der Waals surface area contributed by atoms with E-state index in [4.69, 9.17) is 10.5 Å². The van der Waals surface area contributed by atoms with Crippen molar-refractivity contribution >= 4 is 5.91 Å². The molecule has 0 atom stereocenters. The van der Waals surface area contributed by atoms with Crippen LogP contribution < -0.4 is 10.5 Å². The highest BCUT2D eigenvalue weighted by Gasteiger charge is 2.27. The second kappa shape index (κ2) is 6.48. The normalized spacial score (nSPS) is 18.5. The van der Waals surface area contributed by atoms with Crippen molar-refractivity contribution in [3.63, 3.8) is 0 Å². The molecule has 4 nitrogen and oxygen atoms in total. The van der Waals surface area contributed by atoms with Gasteiger partial charge in [0.15, 0.2) is 0 Å². The lowest BCUT2D eigenvalue weighted by molar-refractivity contribution is -0.131. The van der Waals surface area contributed by atoms with Crippen LogP contribution in [0, 0.1) is 5.41 Å². The first-order valence-corrected chi connectivity index (χ1v) is 7.59. The Morgan fingerprint density at radius 2 is 2.10 bits per heavy atom. The summed E-state index contributed by atoms with van der Waals surface area (Å²) in [6, 6.07) is 6.01. The maximum atomic E-state index is 12.3. The highest BCUT2D eigenvalue weighted by Crippen LogP contribution is 2.31. The summed E-state index contributed by atoms with van der Waals surface area (Å²) < 4.78 is 5.37. The molecule has 0 saturated carbocycles. The summed E-state index contributed by atoms with van der Waals surface area (Å²) in [5.41, 5.74) is 8.03. The number of hydrogen-bond donors (Lipinski definition) is 1. The van der Waals surface area contributed by atoms with Gasteiger partial charge in [-0.1, -0.05) is 26.0 Å². The molecule has 4 heteroatoms. The van der Waals surface area contributed by atoms with E-state index in [2.05, 4.69) is 13.8 Å². The van der Waals surface area contributed by atoms with Gasteiger partial charge in [-0.2, -0.15) is 0 Å². The first-order valence-electron chi connectivity index (χ1n) is 7.59. The van der Waals surface area contributed by atoms with E-state index < -0.39 is 0 Å². The Balaban J connectivity index is 2.12. The van der Waals surface area contributed by atoms with Gasteiger partial charge in [0.2, 0.25) is 5.91 Å². The molecule has 1 amide bonds. The quantitative estimate of drug-likeness (QED) is 0.927. The van der Waals surface area contributed by atoms with Crippen LogP contribution in [0.15, 0.2) is 18.2 Å². The van der Waals surface area contributed by atoms with E-state index in [1.165, 1.54) is 0 Å².